The second kappa shape index (κ2) is 4.75. The van der Waals surface area contributed by atoms with E-state index in [1.807, 2.05) is 25.0 Å². The van der Waals surface area contributed by atoms with Crippen molar-refractivity contribution in [2.24, 2.45) is 5.92 Å². The maximum absolute atomic E-state index is 4.36. The van der Waals surface area contributed by atoms with E-state index < -0.39 is 0 Å². The van der Waals surface area contributed by atoms with E-state index in [1.54, 1.807) is 12.4 Å². The minimum Gasteiger partial charge on any atom is -0.311 e. The molecular weight excluding hydrogens is 194 g/mol. The fraction of sp³-hybridized carbons (Fsp3) is 0.600. The SMILES string of the molecule is CNC(c1cnccn1)C1CCSC1. The van der Waals surface area contributed by atoms with Crippen molar-refractivity contribution in [1.82, 2.24) is 15.3 Å². The third-order valence-corrected chi connectivity index (χ3v) is 3.84. The second-order valence-electron chi connectivity index (χ2n) is 3.52. The topological polar surface area (TPSA) is 37.8 Å². The molecule has 0 radical (unpaired) electrons. The normalized spacial score (nSPS) is 23.6. The van der Waals surface area contributed by atoms with Gasteiger partial charge in [-0.2, -0.15) is 11.8 Å². The molecule has 0 bridgehead atoms. The molecule has 1 aromatic rings. The molecule has 4 heteroatoms. The molecule has 14 heavy (non-hydrogen) atoms. The Labute approximate surface area is 88.7 Å². The summed E-state index contributed by atoms with van der Waals surface area (Å²) in [5.74, 6) is 3.23. The summed E-state index contributed by atoms with van der Waals surface area (Å²) in [7, 11) is 2.00. The molecule has 2 unspecified atom stereocenters. The smallest absolute Gasteiger partial charge is 0.0759 e. The van der Waals surface area contributed by atoms with Crippen LogP contribution in [0.4, 0.5) is 0 Å². The van der Waals surface area contributed by atoms with Crippen LogP contribution >= 0.6 is 11.8 Å². The average Bonchev–Trinajstić information content (AvgIpc) is 2.74. The molecule has 1 aliphatic heterocycles. The molecule has 2 rings (SSSR count). The van der Waals surface area contributed by atoms with Gasteiger partial charge in [0.05, 0.1) is 11.7 Å². The maximum Gasteiger partial charge on any atom is 0.0759 e. The molecule has 0 amide bonds. The first-order chi connectivity index (χ1) is 6.92. The van der Waals surface area contributed by atoms with Gasteiger partial charge in [0.2, 0.25) is 0 Å². The van der Waals surface area contributed by atoms with Gasteiger partial charge in [-0.05, 0) is 30.9 Å². The second-order valence-corrected chi connectivity index (χ2v) is 4.67. The number of aromatic nitrogens is 2. The lowest BCUT2D eigenvalue weighted by atomic mass is 9.97. The molecule has 76 valence electrons. The van der Waals surface area contributed by atoms with Gasteiger partial charge in [0, 0.05) is 18.6 Å². The number of nitrogens with zero attached hydrogens (tertiary/aromatic N) is 2. The summed E-state index contributed by atoms with van der Waals surface area (Å²) >= 11 is 2.03. The van der Waals surface area contributed by atoms with E-state index in [0.29, 0.717) is 12.0 Å². The third-order valence-electron chi connectivity index (χ3n) is 2.65. The first-order valence-corrected chi connectivity index (χ1v) is 6.08. The van der Waals surface area contributed by atoms with Crippen molar-refractivity contribution in [3.8, 4) is 0 Å². The summed E-state index contributed by atoms with van der Waals surface area (Å²) in [5, 5.41) is 3.34. The minimum atomic E-state index is 0.374. The van der Waals surface area contributed by atoms with Gasteiger partial charge in [-0.25, -0.2) is 0 Å². The standard InChI is InChI=1S/C10H15N3S/c1-11-10(8-2-5-14-7-8)9-6-12-3-4-13-9/h3-4,6,8,10-11H,2,5,7H2,1H3. The zero-order chi connectivity index (χ0) is 9.80. The molecule has 0 aliphatic carbocycles. The van der Waals surface area contributed by atoms with E-state index in [0.717, 1.165) is 5.69 Å². The molecule has 1 aliphatic rings. The molecule has 3 nitrogen and oxygen atoms in total. The predicted molar refractivity (Wildman–Crippen MR) is 59.3 cm³/mol. The molecule has 1 N–H and O–H groups in total. The lowest BCUT2D eigenvalue weighted by molar-refractivity contribution is 0.410. The number of rotatable bonds is 3. The Kier molecular flexibility index (Phi) is 3.37. The van der Waals surface area contributed by atoms with Crippen LogP contribution in [0.2, 0.25) is 0 Å². The van der Waals surface area contributed by atoms with Crippen LogP contribution in [0.1, 0.15) is 18.2 Å². The first kappa shape index (κ1) is 9.93. The van der Waals surface area contributed by atoms with Crippen LogP contribution in [-0.2, 0) is 0 Å². The van der Waals surface area contributed by atoms with Gasteiger partial charge >= 0.3 is 0 Å². The molecule has 0 spiro atoms. The van der Waals surface area contributed by atoms with Gasteiger partial charge in [-0.15, -0.1) is 0 Å². The lowest BCUT2D eigenvalue weighted by Crippen LogP contribution is -2.26. The largest absolute Gasteiger partial charge is 0.311 e. The third kappa shape index (κ3) is 2.07. The Morgan fingerprint density at radius 3 is 3.07 bits per heavy atom. The average molecular weight is 209 g/mol. The van der Waals surface area contributed by atoms with E-state index in [2.05, 4.69) is 15.3 Å². The Bertz CT molecular complexity index is 272. The zero-order valence-corrected chi connectivity index (χ0v) is 9.13. The Morgan fingerprint density at radius 2 is 2.50 bits per heavy atom. The zero-order valence-electron chi connectivity index (χ0n) is 8.31. The fourth-order valence-corrected chi connectivity index (χ4v) is 3.21. The highest BCUT2D eigenvalue weighted by molar-refractivity contribution is 7.99. The van der Waals surface area contributed by atoms with Gasteiger partial charge in [0.1, 0.15) is 0 Å². The van der Waals surface area contributed by atoms with Crippen molar-refractivity contribution in [2.45, 2.75) is 12.5 Å². The van der Waals surface area contributed by atoms with Gasteiger partial charge < -0.3 is 5.32 Å². The number of thioether (sulfide) groups is 1. The van der Waals surface area contributed by atoms with Gasteiger partial charge in [0.25, 0.3) is 0 Å². The Balaban J connectivity index is 2.12. The fourth-order valence-electron chi connectivity index (χ4n) is 1.91. The van der Waals surface area contributed by atoms with Crippen LogP contribution in [0.25, 0.3) is 0 Å². The Morgan fingerprint density at radius 1 is 1.57 bits per heavy atom. The molecular formula is C10H15N3S. The van der Waals surface area contributed by atoms with Gasteiger partial charge in [0.15, 0.2) is 0 Å². The minimum absolute atomic E-state index is 0.374. The van der Waals surface area contributed by atoms with Crippen molar-refractivity contribution in [3.05, 3.63) is 24.3 Å². The summed E-state index contributed by atoms with van der Waals surface area (Å²) < 4.78 is 0. The molecule has 2 heterocycles. The molecule has 2 atom stereocenters. The summed E-state index contributed by atoms with van der Waals surface area (Å²) in [5.41, 5.74) is 1.07. The highest BCUT2D eigenvalue weighted by Gasteiger charge is 2.26. The quantitative estimate of drug-likeness (QED) is 0.818. The predicted octanol–water partition coefficient (Wildman–Crippen LogP) is 1.49. The Hall–Kier alpha value is -0.610. The molecule has 0 aromatic carbocycles. The molecule has 1 saturated heterocycles. The van der Waals surface area contributed by atoms with Crippen LogP contribution < -0.4 is 5.32 Å². The van der Waals surface area contributed by atoms with E-state index in [-0.39, 0.29) is 0 Å². The monoisotopic (exact) mass is 209 g/mol. The lowest BCUT2D eigenvalue weighted by Gasteiger charge is -2.21. The number of nitrogens with one attached hydrogen (secondary N) is 1. The summed E-state index contributed by atoms with van der Waals surface area (Å²) in [6, 6.07) is 0.374. The first-order valence-electron chi connectivity index (χ1n) is 4.92. The van der Waals surface area contributed by atoms with Crippen molar-refractivity contribution in [3.63, 3.8) is 0 Å². The van der Waals surface area contributed by atoms with E-state index in [1.165, 1.54) is 17.9 Å². The van der Waals surface area contributed by atoms with Crippen molar-refractivity contribution in [1.29, 1.82) is 0 Å². The van der Waals surface area contributed by atoms with Gasteiger partial charge in [-0.1, -0.05) is 0 Å². The van der Waals surface area contributed by atoms with Crippen molar-refractivity contribution >= 4 is 11.8 Å². The van der Waals surface area contributed by atoms with Crippen LogP contribution in [-0.4, -0.2) is 28.5 Å². The van der Waals surface area contributed by atoms with Crippen molar-refractivity contribution in [2.75, 3.05) is 18.6 Å². The van der Waals surface area contributed by atoms with Crippen LogP contribution in [0.15, 0.2) is 18.6 Å². The summed E-state index contributed by atoms with van der Waals surface area (Å²) in [4.78, 5) is 8.48. The van der Waals surface area contributed by atoms with Crippen LogP contribution in [0, 0.1) is 5.92 Å². The summed E-state index contributed by atoms with van der Waals surface area (Å²) in [6.45, 7) is 0. The number of hydrogen-bond donors (Lipinski definition) is 1. The van der Waals surface area contributed by atoms with Crippen molar-refractivity contribution < 1.29 is 0 Å². The maximum atomic E-state index is 4.36. The van der Waals surface area contributed by atoms with E-state index >= 15 is 0 Å². The molecule has 1 fully saturated rings. The van der Waals surface area contributed by atoms with E-state index in [9.17, 15) is 0 Å². The van der Waals surface area contributed by atoms with E-state index in [4.69, 9.17) is 0 Å². The highest BCUT2D eigenvalue weighted by Crippen LogP contribution is 2.32. The van der Waals surface area contributed by atoms with Gasteiger partial charge in [-0.3, -0.25) is 9.97 Å². The number of hydrogen-bond acceptors (Lipinski definition) is 4. The van der Waals surface area contributed by atoms with Crippen LogP contribution in [0.3, 0.4) is 0 Å². The molecule has 1 aromatic heterocycles. The highest BCUT2D eigenvalue weighted by atomic mass is 32.2. The van der Waals surface area contributed by atoms with Crippen LogP contribution in [0.5, 0.6) is 0 Å². The molecule has 0 saturated carbocycles. The summed E-state index contributed by atoms with van der Waals surface area (Å²) in [6.07, 6.45) is 6.64.